The Kier molecular flexibility index (Phi) is 5.38. The molecule has 0 saturated carbocycles. The normalized spacial score (nSPS) is 17.2. The Balaban J connectivity index is 1.20. The summed E-state index contributed by atoms with van der Waals surface area (Å²) in [5, 5.41) is 11.8. The molecule has 2 aromatic heterocycles. The van der Waals surface area contributed by atoms with Crippen molar-refractivity contribution < 1.29 is 9.59 Å². The smallest absolute Gasteiger partial charge is 0.267 e. The van der Waals surface area contributed by atoms with Crippen LogP contribution in [-0.2, 0) is 24.1 Å². The molecule has 8 nitrogen and oxygen atoms in total. The van der Waals surface area contributed by atoms with E-state index in [4.69, 9.17) is 5.26 Å². The summed E-state index contributed by atoms with van der Waals surface area (Å²) in [6.45, 7) is 3.41. The molecule has 1 fully saturated rings. The Morgan fingerprint density at radius 3 is 2.90 bits per heavy atom. The SMILES string of the molecule is CC(CC1CN(C(=O)Cc2nc3c([nH]2)CCCC3)C1)NC(=O)c1cc(C#N)c[nH]1. The average Bonchev–Trinajstić information content (AvgIpc) is 3.30. The number of aromatic nitrogens is 3. The van der Waals surface area contributed by atoms with Crippen LogP contribution in [0.5, 0.6) is 0 Å². The summed E-state index contributed by atoms with van der Waals surface area (Å²) in [4.78, 5) is 37.3. The molecule has 0 radical (unpaired) electrons. The largest absolute Gasteiger partial charge is 0.356 e. The van der Waals surface area contributed by atoms with Gasteiger partial charge in [0.1, 0.15) is 17.6 Å². The molecule has 8 heteroatoms. The predicted molar refractivity (Wildman–Crippen MR) is 106 cm³/mol. The van der Waals surface area contributed by atoms with Crippen LogP contribution in [0.3, 0.4) is 0 Å². The monoisotopic (exact) mass is 394 g/mol. The maximum absolute atomic E-state index is 12.5. The number of likely N-dealkylation sites (tertiary alicyclic amines) is 1. The minimum Gasteiger partial charge on any atom is -0.356 e. The number of rotatable bonds is 6. The van der Waals surface area contributed by atoms with Gasteiger partial charge in [-0.2, -0.15) is 5.26 Å². The number of aromatic amines is 2. The van der Waals surface area contributed by atoms with Gasteiger partial charge in [-0.3, -0.25) is 9.59 Å². The van der Waals surface area contributed by atoms with E-state index in [2.05, 4.69) is 20.3 Å². The maximum Gasteiger partial charge on any atom is 0.267 e. The predicted octanol–water partition coefficient (Wildman–Crippen LogP) is 1.70. The highest BCUT2D eigenvalue weighted by Gasteiger charge is 2.32. The van der Waals surface area contributed by atoms with Crippen LogP contribution in [0, 0.1) is 17.2 Å². The van der Waals surface area contributed by atoms with E-state index in [9.17, 15) is 9.59 Å². The Labute approximate surface area is 169 Å². The second-order valence-electron chi connectivity index (χ2n) is 8.18. The molecule has 2 aromatic rings. The van der Waals surface area contributed by atoms with Crippen LogP contribution in [0.1, 0.15) is 59.5 Å². The van der Waals surface area contributed by atoms with Crippen LogP contribution in [0.15, 0.2) is 12.3 Å². The first-order chi connectivity index (χ1) is 14.0. The lowest BCUT2D eigenvalue weighted by atomic mass is 9.92. The molecule has 0 spiro atoms. The molecule has 2 amide bonds. The van der Waals surface area contributed by atoms with Gasteiger partial charge < -0.3 is 20.2 Å². The molecule has 0 aromatic carbocycles. The molecule has 2 aliphatic rings. The third kappa shape index (κ3) is 4.34. The first kappa shape index (κ1) is 19.2. The number of carbonyl (C=O) groups is 2. The second kappa shape index (κ2) is 8.11. The van der Waals surface area contributed by atoms with Crippen molar-refractivity contribution in [3.8, 4) is 6.07 Å². The molecule has 1 aliphatic heterocycles. The Hall–Kier alpha value is -3.08. The van der Waals surface area contributed by atoms with Gasteiger partial charge in [0.05, 0.1) is 17.7 Å². The molecular weight excluding hydrogens is 368 g/mol. The van der Waals surface area contributed by atoms with Gasteiger partial charge in [-0.15, -0.1) is 0 Å². The van der Waals surface area contributed by atoms with Crippen molar-refractivity contribution in [3.05, 3.63) is 40.7 Å². The Morgan fingerprint density at radius 1 is 1.38 bits per heavy atom. The van der Waals surface area contributed by atoms with Gasteiger partial charge in [0.25, 0.3) is 5.91 Å². The zero-order valence-electron chi connectivity index (χ0n) is 16.6. The van der Waals surface area contributed by atoms with E-state index in [0.29, 0.717) is 23.6 Å². The maximum atomic E-state index is 12.5. The Bertz CT molecular complexity index is 923. The number of hydrogen-bond donors (Lipinski definition) is 3. The number of amides is 2. The number of nitrogens with zero attached hydrogens (tertiary/aromatic N) is 3. The quantitative estimate of drug-likeness (QED) is 0.691. The number of fused-ring (bicyclic) bond motifs is 1. The summed E-state index contributed by atoms with van der Waals surface area (Å²) in [6, 6.07) is 3.53. The first-order valence-corrected chi connectivity index (χ1v) is 10.3. The van der Waals surface area contributed by atoms with Crippen LogP contribution >= 0.6 is 0 Å². The van der Waals surface area contributed by atoms with Crippen molar-refractivity contribution >= 4 is 11.8 Å². The summed E-state index contributed by atoms with van der Waals surface area (Å²) in [5.74, 6) is 1.07. The first-order valence-electron chi connectivity index (χ1n) is 10.3. The van der Waals surface area contributed by atoms with E-state index >= 15 is 0 Å². The fourth-order valence-electron chi connectivity index (χ4n) is 4.22. The molecule has 3 N–H and O–H groups in total. The molecule has 152 valence electrons. The van der Waals surface area contributed by atoms with Crippen LogP contribution in [0.25, 0.3) is 0 Å². The molecule has 1 saturated heterocycles. The van der Waals surface area contributed by atoms with Crippen LogP contribution < -0.4 is 5.32 Å². The number of nitriles is 1. The zero-order valence-corrected chi connectivity index (χ0v) is 16.6. The number of imidazole rings is 1. The molecular formula is C21H26N6O2. The number of hydrogen-bond acceptors (Lipinski definition) is 4. The van der Waals surface area contributed by atoms with E-state index in [1.807, 2.05) is 17.9 Å². The van der Waals surface area contributed by atoms with Crippen molar-refractivity contribution in [1.82, 2.24) is 25.2 Å². The zero-order chi connectivity index (χ0) is 20.4. The standard InChI is InChI=1S/C21H26N6O2/c1-13(24-21(29)18-7-14(9-22)10-23-18)6-15-11-27(12-15)20(28)8-19-25-16-4-2-3-5-17(16)26-19/h7,10,13,15,23H,2-6,8,11-12H2,1H3,(H,24,29)(H,25,26). The van der Waals surface area contributed by atoms with Gasteiger partial charge in [0.15, 0.2) is 0 Å². The third-order valence-electron chi connectivity index (χ3n) is 5.75. The fourth-order valence-corrected chi connectivity index (χ4v) is 4.22. The number of nitrogens with one attached hydrogen (secondary N) is 3. The summed E-state index contributed by atoms with van der Waals surface area (Å²) in [6.07, 6.45) is 7.08. The molecule has 1 atom stereocenters. The molecule has 29 heavy (non-hydrogen) atoms. The van der Waals surface area contributed by atoms with Gasteiger partial charge in [-0.05, 0) is 51.0 Å². The van der Waals surface area contributed by atoms with Crippen molar-refractivity contribution in [2.45, 2.75) is 51.5 Å². The van der Waals surface area contributed by atoms with Crippen LogP contribution in [0.4, 0.5) is 0 Å². The summed E-state index contributed by atoms with van der Waals surface area (Å²) < 4.78 is 0. The highest BCUT2D eigenvalue weighted by molar-refractivity contribution is 5.93. The number of carbonyl (C=O) groups excluding carboxylic acids is 2. The molecule has 1 unspecified atom stereocenters. The lowest BCUT2D eigenvalue weighted by molar-refractivity contribution is -0.137. The van der Waals surface area contributed by atoms with Crippen molar-refractivity contribution in [1.29, 1.82) is 5.26 Å². The van der Waals surface area contributed by atoms with Crippen molar-refractivity contribution in [2.75, 3.05) is 13.1 Å². The lowest BCUT2D eigenvalue weighted by Crippen LogP contribution is -2.52. The van der Waals surface area contributed by atoms with Gasteiger partial charge in [0.2, 0.25) is 5.91 Å². The lowest BCUT2D eigenvalue weighted by Gasteiger charge is -2.40. The van der Waals surface area contributed by atoms with Gasteiger partial charge >= 0.3 is 0 Å². The molecule has 3 heterocycles. The Morgan fingerprint density at radius 2 is 2.17 bits per heavy atom. The van der Waals surface area contributed by atoms with Gasteiger partial charge in [-0.1, -0.05) is 0 Å². The second-order valence-corrected chi connectivity index (χ2v) is 8.18. The van der Waals surface area contributed by atoms with Gasteiger partial charge in [-0.25, -0.2) is 4.98 Å². The molecule has 4 rings (SSSR count). The summed E-state index contributed by atoms with van der Waals surface area (Å²) in [5.41, 5.74) is 3.16. The highest BCUT2D eigenvalue weighted by Crippen LogP contribution is 2.23. The number of aryl methyl sites for hydroxylation is 2. The van der Waals surface area contributed by atoms with E-state index < -0.39 is 0 Å². The topological polar surface area (TPSA) is 118 Å². The van der Waals surface area contributed by atoms with E-state index in [-0.39, 0.29) is 17.9 Å². The summed E-state index contributed by atoms with van der Waals surface area (Å²) in [7, 11) is 0. The number of H-pyrrole nitrogens is 2. The van der Waals surface area contributed by atoms with E-state index in [0.717, 1.165) is 43.9 Å². The van der Waals surface area contributed by atoms with Crippen LogP contribution in [-0.4, -0.2) is 50.8 Å². The van der Waals surface area contributed by atoms with E-state index in [1.54, 1.807) is 0 Å². The van der Waals surface area contributed by atoms with Crippen molar-refractivity contribution in [3.63, 3.8) is 0 Å². The highest BCUT2D eigenvalue weighted by atomic mass is 16.2. The minimum absolute atomic E-state index is 0.00427. The van der Waals surface area contributed by atoms with Crippen molar-refractivity contribution in [2.24, 2.45) is 5.92 Å². The minimum atomic E-state index is -0.215. The fraction of sp³-hybridized carbons (Fsp3) is 0.524. The average molecular weight is 394 g/mol. The third-order valence-corrected chi connectivity index (χ3v) is 5.75. The summed E-state index contributed by atoms with van der Waals surface area (Å²) >= 11 is 0. The molecule has 0 bridgehead atoms. The van der Waals surface area contributed by atoms with Gasteiger partial charge in [0, 0.05) is 31.0 Å². The van der Waals surface area contributed by atoms with Crippen LogP contribution in [0.2, 0.25) is 0 Å². The molecule has 1 aliphatic carbocycles. The van der Waals surface area contributed by atoms with E-state index in [1.165, 1.54) is 30.8 Å².